The molecule has 0 unspecified atom stereocenters. The van der Waals surface area contributed by atoms with Crippen LogP contribution in [0.4, 0.5) is 10.1 Å². The fourth-order valence-corrected chi connectivity index (χ4v) is 2.64. The maximum atomic E-state index is 13.0. The van der Waals surface area contributed by atoms with Crippen molar-refractivity contribution in [2.24, 2.45) is 0 Å². The van der Waals surface area contributed by atoms with E-state index in [1.807, 2.05) is 31.2 Å². The number of methoxy groups -OCH3 is 1. The summed E-state index contributed by atoms with van der Waals surface area (Å²) in [6.07, 6.45) is 0. The van der Waals surface area contributed by atoms with Crippen molar-refractivity contribution in [1.82, 2.24) is 0 Å². The number of nitrogens with one attached hydrogen (secondary N) is 1. The van der Waals surface area contributed by atoms with Gasteiger partial charge in [0.05, 0.1) is 7.11 Å². The van der Waals surface area contributed by atoms with E-state index in [1.54, 1.807) is 25.3 Å². The molecular formula is C22H20FNO3. The molecule has 0 saturated heterocycles. The highest BCUT2D eigenvalue weighted by Gasteiger charge is 2.12. The zero-order chi connectivity index (χ0) is 19.2. The molecule has 0 spiro atoms. The Balaban J connectivity index is 1.77. The zero-order valence-corrected chi connectivity index (χ0v) is 15.2. The first-order valence-corrected chi connectivity index (χ1v) is 8.49. The van der Waals surface area contributed by atoms with Crippen LogP contribution in [0.5, 0.6) is 11.5 Å². The summed E-state index contributed by atoms with van der Waals surface area (Å²) in [5.41, 5.74) is 2.77. The van der Waals surface area contributed by atoms with Gasteiger partial charge in [-0.05, 0) is 61.0 Å². The minimum atomic E-state index is -0.354. The Kier molecular flexibility index (Phi) is 5.71. The lowest BCUT2D eigenvalue weighted by atomic mass is 10.1. The molecule has 0 atom stereocenters. The summed E-state index contributed by atoms with van der Waals surface area (Å²) in [7, 11) is 1.57. The van der Waals surface area contributed by atoms with Gasteiger partial charge in [-0.15, -0.1) is 0 Å². The zero-order valence-electron chi connectivity index (χ0n) is 15.2. The van der Waals surface area contributed by atoms with E-state index in [1.165, 1.54) is 24.3 Å². The molecule has 3 aromatic rings. The van der Waals surface area contributed by atoms with Crippen LogP contribution in [0.2, 0.25) is 0 Å². The minimum absolute atomic E-state index is 0.270. The Morgan fingerprint density at radius 1 is 1.00 bits per heavy atom. The smallest absolute Gasteiger partial charge is 0.255 e. The Morgan fingerprint density at radius 3 is 2.44 bits per heavy atom. The Bertz CT molecular complexity index is 939. The van der Waals surface area contributed by atoms with Crippen LogP contribution < -0.4 is 14.8 Å². The van der Waals surface area contributed by atoms with Crippen molar-refractivity contribution in [1.29, 1.82) is 0 Å². The van der Waals surface area contributed by atoms with Gasteiger partial charge < -0.3 is 14.8 Å². The maximum Gasteiger partial charge on any atom is 0.255 e. The summed E-state index contributed by atoms with van der Waals surface area (Å²) in [5, 5.41) is 2.75. The number of hydrogen-bond donors (Lipinski definition) is 1. The molecule has 0 heterocycles. The number of halogens is 1. The van der Waals surface area contributed by atoms with E-state index in [-0.39, 0.29) is 18.3 Å². The van der Waals surface area contributed by atoms with Gasteiger partial charge in [0.2, 0.25) is 0 Å². The molecule has 5 heteroatoms. The van der Waals surface area contributed by atoms with Gasteiger partial charge in [-0.3, -0.25) is 4.79 Å². The average Bonchev–Trinajstić information content (AvgIpc) is 2.69. The second-order valence-electron chi connectivity index (χ2n) is 6.04. The largest absolute Gasteiger partial charge is 0.496 e. The minimum Gasteiger partial charge on any atom is -0.496 e. The second-order valence-corrected chi connectivity index (χ2v) is 6.04. The summed E-state index contributed by atoms with van der Waals surface area (Å²) < 4.78 is 24.3. The average molecular weight is 365 g/mol. The predicted octanol–water partition coefficient (Wildman–Crippen LogP) is 4.97. The van der Waals surface area contributed by atoms with Crippen molar-refractivity contribution in [3.05, 3.63) is 89.2 Å². The number of carbonyl (C=O) groups excluding carboxylic acids is 1. The van der Waals surface area contributed by atoms with Gasteiger partial charge in [-0.2, -0.15) is 0 Å². The van der Waals surface area contributed by atoms with Crippen molar-refractivity contribution >= 4 is 11.6 Å². The van der Waals surface area contributed by atoms with Gasteiger partial charge in [-0.25, -0.2) is 4.39 Å². The normalized spacial score (nSPS) is 10.3. The Morgan fingerprint density at radius 2 is 1.74 bits per heavy atom. The molecule has 4 nitrogen and oxygen atoms in total. The van der Waals surface area contributed by atoms with E-state index in [0.29, 0.717) is 17.0 Å². The lowest BCUT2D eigenvalue weighted by molar-refractivity contribution is 0.102. The number of benzene rings is 3. The molecular weight excluding hydrogens is 345 g/mol. The second kappa shape index (κ2) is 8.36. The van der Waals surface area contributed by atoms with Crippen molar-refractivity contribution < 1.29 is 18.7 Å². The van der Waals surface area contributed by atoms with E-state index < -0.39 is 0 Å². The number of hydrogen-bond acceptors (Lipinski definition) is 3. The van der Waals surface area contributed by atoms with Crippen LogP contribution in [-0.4, -0.2) is 13.0 Å². The third kappa shape index (κ3) is 4.64. The SMILES string of the molecule is COc1ccc(C(=O)Nc2ccc(F)cc2)cc1COc1ccccc1C. The number of carbonyl (C=O) groups is 1. The molecule has 0 aliphatic rings. The monoisotopic (exact) mass is 365 g/mol. The molecule has 0 aliphatic heterocycles. The number of rotatable bonds is 6. The fraction of sp³-hybridized carbons (Fsp3) is 0.136. The third-order valence-electron chi connectivity index (χ3n) is 4.12. The fourth-order valence-electron chi connectivity index (χ4n) is 2.64. The number of anilines is 1. The predicted molar refractivity (Wildman–Crippen MR) is 103 cm³/mol. The first-order valence-electron chi connectivity index (χ1n) is 8.49. The molecule has 0 aliphatic carbocycles. The van der Waals surface area contributed by atoms with Crippen molar-refractivity contribution in [2.45, 2.75) is 13.5 Å². The summed E-state index contributed by atoms with van der Waals surface area (Å²) in [4.78, 5) is 12.5. The summed E-state index contributed by atoms with van der Waals surface area (Å²) in [5.74, 6) is 0.775. The molecule has 1 amide bonds. The van der Waals surface area contributed by atoms with Crippen LogP contribution in [0.3, 0.4) is 0 Å². The molecule has 0 saturated carbocycles. The molecule has 0 bridgehead atoms. The standard InChI is InChI=1S/C22H20FNO3/c1-15-5-3-4-6-20(15)27-14-17-13-16(7-12-21(17)26-2)22(25)24-19-10-8-18(23)9-11-19/h3-13H,14H2,1-2H3,(H,24,25). The van der Waals surface area contributed by atoms with Crippen molar-refractivity contribution in [3.8, 4) is 11.5 Å². The number of ether oxygens (including phenoxy) is 2. The van der Waals surface area contributed by atoms with Crippen LogP contribution in [0.1, 0.15) is 21.5 Å². The van der Waals surface area contributed by atoms with Crippen molar-refractivity contribution in [3.63, 3.8) is 0 Å². The Hall–Kier alpha value is -3.34. The van der Waals surface area contributed by atoms with Crippen LogP contribution >= 0.6 is 0 Å². The lowest BCUT2D eigenvalue weighted by Gasteiger charge is -2.13. The van der Waals surface area contributed by atoms with E-state index in [9.17, 15) is 9.18 Å². The molecule has 1 N–H and O–H groups in total. The topological polar surface area (TPSA) is 47.6 Å². The third-order valence-corrected chi connectivity index (χ3v) is 4.12. The van der Waals surface area contributed by atoms with Gasteiger partial charge in [0.25, 0.3) is 5.91 Å². The molecule has 3 rings (SSSR count). The molecule has 0 fully saturated rings. The highest BCUT2D eigenvalue weighted by Crippen LogP contribution is 2.24. The lowest BCUT2D eigenvalue weighted by Crippen LogP contribution is -2.13. The van der Waals surface area contributed by atoms with E-state index in [4.69, 9.17) is 9.47 Å². The Labute approximate surface area is 157 Å². The van der Waals surface area contributed by atoms with Crippen molar-refractivity contribution in [2.75, 3.05) is 12.4 Å². The van der Waals surface area contributed by atoms with Crippen LogP contribution in [0, 0.1) is 12.7 Å². The van der Waals surface area contributed by atoms with Crippen LogP contribution in [0.15, 0.2) is 66.7 Å². The van der Waals surface area contributed by atoms with Gasteiger partial charge in [-0.1, -0.05) is 18.2 Å². The summed E-state index contributed by atoms with van der Waals surface area (Å²) >= 11 is 0. The van der Waals surface area contributed by atoms with E-state index in [2.05, 4.69) is 5.32 Å². The number of para-hydroxylation sites is 1. The maximum absolute atomic E-state index is 13.0. The molecule has 3 aromatic carbocycles. The molecule has 0 aromatic heterocycles. The molecule has 138 valence electrons. The first-order chi connectivity index (χ1) is 13.1. The van der Waals surface area contributed by atoms with Gasteiger partial charge >= 0.3 is 0 Å². The molecule has 0 radical (unpaired) electrons. The van der Waals surface area contributed by atoms with Gasteiger partial charge in [0, 0.05) is 16.8 Å². The van der Waals surface area contributed by atoms with Gasteiger partial charge in [0.15, 0.2) is 0 Å². The quantitative estimate of drug-likeness (QED) is 0.671. The highest BCUT2D eigenvalue weighted by atomic mass is 19.1. The van der Waals surface area contributed by atoms with Gasteiger partial charge in [0.1, 0.15) is 23.9 Å². The molecule has 27 heavy (non-hydrogen) atoms. The summed E-state index contributed by atoms with van der Waals surface area (Å²) in [6, 6.07) is 18.5. The van der Waals surface area contributed by atoms with E-state index >= 15 is 0 Å². The number of aryl methyl sites for hydroxylation is 1. The van der Waals surface area contributed by atoms with E-state index in [0.717, 1.165) is 16.9 Å². The summed E-state index contributed by atoms with van der Waals surface area (Å²) in [6.45, 7) is 2.24. The first kappa shape index (κ1) is 18.5. The number of amides is 1. The van der Waals surface area contributed by atoms with Crippen LogP contribution in [-0.2, 0) is 6.61 Å². The van der Waals surface area contributed by atoms with Crippen LogP contribution in [0.25, 0.3) is 0 Å². The highest BCUT2D eigenvalue weighted by molar-refractivity contribution is 6.04.